The first-order valence-electron chi connectivity index (χ1n) is 8.27. The van der Waals surface area contributed by atoms with Crippen LogP contribution in [-0.4, -0.2) is 23.0 Å². The van der Waals surface area contributed by atoms with Gasteiger partial charge in [-0.15, -0.1) is 0 Å². The Kier molecular flexibility index (Phi) is 4.93. The lowest BCUT2D eigenvalue weighted by Gasteiger charge is -2.11. The van der Waals surface area contributed by atoms with Crippen LogP contribution in [0.4, 0.5) is 5.69 Å². The molecule has 128 valence electrons. The van der Waals surface area contributed by atoms with Crippen LogP contribution in [0.1, 0.15) is 30.7 Å². The van der Waals surface area contributed by atoms with Crippen molar-refractivity contribution in [3.8, 4) is 5.75 Å². The summed E-state index contributed by atoms with van der Waals surface area (Å²) < 4.78 is 5.45. The van der Waals surface area contributed by atoms with Gasteiger partial charge in [-0.05, 0) is 35.7 Å². The molecule has 0 aliphatic carbocycles. The highest BCUT2D eigenvalue weighted by atomic mass is 16.5. The number of nitrogens with one attached hydrogen (secondary N) is 1. The lowest BCUT2D eigenvalue weighted by atomic mass is 10.0. The van der Waals surface area contributed by atoms with E-state index in [-0.39, 0.29) is 5.91 Å². The van der Waals surface area contributed by atoms with Gasteiger partial charge in [-0.3, -0.25) is 4.79 Å². The number of fused-ring (bicyclic) bond motifs is 1. The maximum atomic E-state index is 11.2. The minimum absolute atomic E-state index is 0.0793. The van der Waals surface area contributed by atoms with Gasteiger partial charge in [-0.2, -0.15) is 0 Å². The summed E-state index contributed by atoms with van der Waals surface area (Å²) in [7, 11) is 1.68. The number of carbonyl (C=O) groups excluding carboxylic acids is 1. The number of amides is 1. The highest BCUT2D eigenvalue weighted by Gasteiger charge is 2.10. The third-order valence-electron chi connectivity index (χ3n) is 4.12. The molecule has 0 aliphatic rings. The Morgan fingerprint density at radius 2 is 2.04 bits per heavy atom. The molecule has 1 aromatic heterocycles. The molecule has 0 aliphatic heterocycles. The van der Waals surface area contributed by atoms with Crippen LogP contribution in [0, 0.1) is 0 Å². The molecular formula is C20H21N3O2. The van der Waals surface area contributed by atoms with Gasteiger partial charge in [0.2, 0.25) is 5.91 Å². The molecule has 25 heavy (non-hydrogen) atoms. The second-order valence-corrected chi connectivity index (χ2v) is 5.91. The molecule has 0 atom stereocenters. The fourth-order valence-corrected chi connectivity index (χ4v) is 2.95. The summed E-state index contributed by atoms with van der Waals surface area (Å²) in [5.74, 6) is 0.775. The van der Waals surface area contributed by atoms with Crippen molar-refractivity contribution in [3.63, 3.8) is 0 Å². The summed E-state index contributed by atoms with van der Waals surface area (Å²) in [6.45, 7) is 3.61. The quantitative estimate of drug-likeness (QED) is 0.771. The third-order valence-corrected chi connectivity index (χ3v) is 4.12. The van der Waals surface area contributed by atoms with Crippen LogP contribution < -0.4 is 10.1 Å². The van der Waals surface area contributed by atoms with E-state index in [1.54, 1.807) is 13.4 Å². The molecule has 0 saturated heterocycles. The number of hydrogen-bond donors (Lipinski definition) is 1. The molecule has 0 fully saturated rings. The summed E-state index contributed by atoms with van der Waals surface area (Å²) in [4.78, 5) is 20.1. The fourth-order valence-electron chi connectivity index (χ4n) is 2.95. The maximum Gasteiger partial charge on any atom is 0.221 e. The second kappa shape index (κ2) is 7.30. The predicted molar refractivity (Wildman–Crippen MR) is 99.0 cm³/mol. The number of nitrogens with zero attached hydrogens (tertiary/aromatic N) is 2. The SMILES string of the molecule is CCc1cc2c(Cc3cccc(NC(C)=O)c3)ncnc2cc1OC. The molecule has 2 aromatic carbocycles. The summed E-state index contributed by atoms with van der Waals surface area (Å²) >= 11 is 0. The molecule has 3 rings (SSSR count). The Morgan fingerprint density at radius 1 is 1.20 bits per heavy atom. The number of aromatic nitrogens is 2. The van der Waals surface area contributed by atoms with Gasteiger partial charge >= 0.3 is 0 Å². The number of carbonyl (C=O) groups is 1. The number of aryl methyl sites for hydroxylation is 1. The number of methoxy groups -OCH3 is 1. The van der Waals surface area contributed by atoms with Crippen molar-refractivity contribution in [1.29, 1.82) is 0 Å². The van der Waals surface area contributed by atoms with Crippen LogP contribution in [0.15, 0.2) is 42.7 Å². The second-order valence-electron chi connectivity index (χ2n) is 5.91. The molecule has 1 heterocycles. The Bertz CT molecular complexity index is 922. The molecule has 0 radical (unpaired) electrons. The Hall–Kier alpha value is -2.95. The van der Waals surface area contributed by atoms with E-state index in [2.05, 4.69) is 28.3 Å². The van der Waals surface area contributed by atoms with Crippen molar-refractivity contribution in [2.75, 3.05) is 12.4 Å². The van der Waals surface area contributed by atoms with Gasteiger partial charge in [0.05, 0.1) is 18.3 Å². The zero-order valence-electron chi connectivity index (χ0n) is 14.7. The van der Waals surface area contributed by atoms with E-state index in [1.165, 1.54) is 6.92 Å². The lowest BCUT2D eigenvalue weighted by Crippen LogP contribution is -2.06. The van der Waals surface area contributed by atoms with Crippen LogP contribution in [0.5, 0.6) is 5.75 Å². The number of ether oxygens (including phenoxy) is 1. The average molecular weight is 335 g/mol. The standard InChI is InChI=1S/C20H21N3O2/c1-4-15-10-17-18(21-12-22-19(17)11-20(15)25-3)9-14-6-5-7-16(8-14)23-13(2)24/h5-8,10-12H,4,9H2,1-3H3,(H,23,24). The van der Waals surface area contributed by atoms with E-state index in [0.29, 0.717) is 6.42 Å². The molecule has 0 saturated carbocycles. The molecule has 0 unspecified atom stereocenters. The average Bonchev–Trinajstić information content (AvgIpc) is 2.60. The molecule has 1 N–H and O–H groups in total. The smallest absolute Gasteiger partial charge is 0.221 e. The molecule has 5 nitrogen and oxygen atoms in total. The van der Waals surface area contributed by atoms with E-state index in [0.717, 1.165) is 45.6 Å². The van der Waals surface area contributed by atoms with Crippen molar-refractivity contribution in [2.45, 2.75) is 26.7 Å². The lowest BCUT2D eigenvalue weighted by molar-refractivity contribution is -0.114. The number of anilines is 1. The van der Waals surface area contributed by atoms with E-state index in [1.807, 2.05) is 30.3 Å². The van der Waals surface area contributed by atoms with E-state index >= 15 is 0 Å². The third kappa shape index (κ3) is 3.76. The first-order chi connectivity index (χ1) is 12.1. The monoisotopic (exact) mass is 335 g/mol. The number of rotatable bonds is 5. The molecular weight excluding hydrogens is 314 g/mol. The Balaban J connectivity index is 2.00. The van der Waals surface area contributed by atoms with Gasteiger partial charge in [0, 0.05) is 30.5 Å². The van der Waals surface area contributed by atoms with E-state index in [4.69, 9.17) is 4.74 Å². The van der Waals surface area contributed by atoms with Crippen LogP contribution in [0.25, 0.3) is 10.9 Å². The van der Waals surface area contributed by atoms with Gasteiger partial charge < -0.3 is 10.1 Å². The zero-order chi connectivity index (χ0) is 17.8. The van der Waals surface area contributed by atoms with Crippen molar-refractivity contribution in [3.05, 3.63) is 59.5 Å². The Labute approximate surface area is 147 Å². The van der Waals surface area contributed by atoms with E-state index < -0.39 is 0 Å². The highest BCUT2D eigenvalue weighted by Crippen LogP contribution is 2.27. The van der Waals surface area contributed by atoms with Crippen molar-refractivity contribution in [1.82, 2.24) is 9.97 Å². The van der Waals surface area contributed by atoms with Gasteiger partial charge in [0.25, 0.3) is 0 Å². The summed E-state index contributed by atoms with van der Waals surface area (Å²) in [5.41, 5.74) is 4.84. The van der Waals surface area contributed by atoms with Crippen molar-refractivity contribution >= 4 is 22.5 Å². The van der Waals surface area contributed by atoms with Crippen LogP contribution >= 0.6 is 0 Å². The van der Waals surface area contributed by atoms with Crippen LogP contribution in [0.2, 0.25) is 0 Å². The van der Waals surface area contributed by atoms with Gasteiger partial charge in [0.15, 0.2) is 0 Å². The van der Waals surface area contributed by atoms with Crippen molar-refractivity contribution in [2.24, 2.45) is 0 Å². The Morgan fingerprint density at radius 3 is 2.76 bits per heavy atom. The molecule has 3 aromatic rings. The minimum Gasteiger partial charge on any atom is -0.496 e. The normalized spacial score (nSPS) is 10.7. The van der Waals surface area contributed by atoms with Crippen molar-refractivity contribution < 1.29 is 9.53 Å². The zero-order valence-corrected chi connectivity index (χ0v) is 14.7. The van der Waals surface area contributed by atoms with Gasteiger partial charge in [0.1, 0.15) is 12.1 Å². The van der Waals surface area contributed by atoms with Gasteiger partial charge in [-0.1, -0.05) is 19.1 Å². The molecule has 0 spiro atoms. The summed E-state index contributed by atoms with van der Waals surface area (Å²) in [6, 6.07) is 11.9. The van der Waals surface area contributed by atoms with E-state index in [9.17, 15) is 4.79 Å². The summed E-state index contributed by atoms with van der Waals surface area (Å²) in [6.07, 6.45) is 3.13. The van der Waals surface area contributed by atoms with Gasteiger partial charge in [-0.25, -0.2) is 9.97 Å². The maximum absolute atomic E-state index is 11.2. The van der Waals surface area contributed by atoms with Crippen LogP contribution in [-0.2, 0) is 17.6 Å². The number of hydrogen-bond acceptors (Lipinski definition) is 4. The first-order valence-corrected chi connectivity index (χ1v) is 8.27. The largest absolute Gasteiger partial charge is 0.496 e. The fraction of sp³-hybridized carbons (Fsp3) is 0.250. The van der Waals surface area contributed by atoms with Crippen LogP contribution in [0.3, 0.4) is 0 Å². The molecule has 1 amide bonds. The minimum atomic E-state index is -0.0793. The molecule has 5 heteroatoms. The number of benzene rings is 2. The predicted octanol–water partition coefficient (Wildman–Crippen LogP) is 3.75. The molecule has 0 bridgehead atoms. The summed E-state index contributed by atoms with van der Waals surface area (Å²) in [5, 5.41) is 3.85. The first kappa shape index (κ1) is 16.9. The highest BCUT2D eigenvalue weighted by molar-refractivity contribution is 5.88. The topological polar surface area (TPSA) is 64.1 Å².